The van der Waals surface area contributed by atoms with Crippen LogP contribution in [0.15, 0.2) is 18.2 Å². The van der Waals surface area contributed by atoms with Crippen LogP contribution in [0.5, 0.6) is 0 Å². The third kappa shape index (κ3) is 2.38. The standard InChI is InChI=1S/C13H17ClFN/c1-2-3-10-8-13(10,16)7-9-4-5-11(15)6-12(9)14/h4-6,10H,2-3,7-8,16H2,1H3. The Hall–Kier alpha value is -0.600. The summed E-state index contributed by atoms with van der Waals surface area (Å²) in [6, 6.07) is 4.55. The van der Waals surface area contributed by atoms with Crippen molar-refractivity contribution in [3.05, 3.63) is 34.6 Å². The Kier molecular flexibility index (Phi) is 3.22. The molecule has 16 heavy (non-hydrogen) atoms. The van der Waals surface area contributed by atoms with Gasteiger partial charge in [0.05, 0.1) is 0 Å². The molecule has 0 bridgehead atoms. The zero-order valence-electron chi connectivity index (χ0n) is 9.47. The fourth-order valence-electron chi connectivity index (χ4n) is 2.37. The smallest absolute Gasteiger partial charge is 0.124 e. The Morgan fingerprint density at radius 2 is 2.31 bits per heavy atom. The van der Waals surface area contributed by atoms with Crippen molar-refractivity contribution in [2.75, 3.05) is 0 Å². The maximum absolute atomic E-state index is 12.9. The fraction of sp³-hybridized carbons (Fsp3) is 0.538. The Morgan fingerprint density at radius 3 is 2.94 bits per heavy atom. The van der Waals surface area contributed by atoms with Crippen LogP contribution in [0.3, 0.4) is 0 Å². The van der Waals surface area contributed by atoms with Crippen LogP contribution in [0.25, 0.3) is 0 Å². The highest BCUT2D eigenvalue weighted by molar-refractivity contribution is 6.31. The molecule has 2 rings (SSSR count). The van der Waals surface area contributed by atoms with Crippen LogP contribution in [0.4, 0.5) is 4.39 Å². The highest BCUT2D eigenvalue weighted by Crippen LogP contribution is 2.47. The molecule has 1 aliphatic carbocycles. The van der Waals surface area contributed by atoms with Crippen molar-refractivity contribution in [3.63, 3.8) is 0 Å². The molecule has 1 aromatic rings. The van der Waals surface area contributed by atoms with Gasteiger partial charge in [0.2, 0.25) is 0 Å². The molecular formula is C13H17ClFN. The molecule has 2 unspecified atom stereocenters. The normalized spacial score (nSPS) is 28.1. The molecule has 0 aliphatic heterocycles. The van der Waals surface area contributed by atoms with Crippen LogP contribution in [0.2, 0.25) is 5.02 Å². The minimum atomic E-state index is -0.291. The Morgan fingerprint density at radius 1 is 1.56 bits per heavy atom. The van der Waals surface area contributed by atoms with Gasteiger partial charge in [-0.3, -0.25) is 0 Å². The van der Waals surface area contributed by atoms with Gasteiger partial charge in [0.15, 0.2) is 0 Å². The molecule has 3 heteroatoms. The molecule has 0 amide bonds. The monoisotopic (exact) mass is 241 g/mol. The molecule has 0 radical (unpaired) electrons. The van der Waals surface area contributed by atoms with Crippen molar-refractivity contribution in [1.82, 2.24) is 0 Å². The second-order valence-electron chi connectivity index (χ2n) is 4.84. The molecule has 88 valence electrons. The van der Waals surface area contributed by atoms with E-state index < -0.39 is 0 Å². The molecule has 0 heterocycles. The summed E-state index contributed by atoms with van der Waals surface area (Å²) in [7, 11) is 0. The quantitative estimate of drug-likeness (QED) is 0.857. The van der Waals surface area contributed by atoms with E-state index in [1.807, 2.05) is 0 Å². The van der Waals surface area contributed by atoms with Gasteiger partial charge in [-0.25, -0.2) is 4.39 Å². The second-order valence-corrected chi connectivity index (χ2v) is 5.24. The number of rotatable bonds is 4. The van der Waals surface area contributed by atoms with E-state index in [-0.39, 0.29) is 11.4 Å². The van der Waals surface area contributed by atoms with E-state index in [4.69, 9.17) is 17.3 Å². The summed E-state index contributed by atoms with van der Waals surface area (Å²) < 4.78 is 12.9. The van der Waals surface area contributed by atoms with Gasteiger partial charge in [-0.15, -0.1) is 0 Å². The van der Waals surface area contributed by atoms with E-state index in [1.54, 1.807) is 6.07 Å². The molecule has 2 atom stereocenters. The van der Waals surface area contributed by atoms with E-state index in [0.717, 1.165) is 18.4 Å². The molecule has 1 aliphatic rings. The van der Waals surface area contributed by atoms with Crippen molar-refractivity contribution in [3.8, 4) is 0 Å². The van der Waals surface area contributed by atoms with E-state index >= 15 is 0 Å². The average Bonchev–Trinajstić information content (AvgIpc) is 2.83. The Bertz CT molecular complexity index is 394. The number of nitrogens with two attached hydrogens (primary N) is 1. The lowest BCUT2D eigenvalue weighted by Gasteiger charge is -2.12. The molecule has 0 spiro atoms. The lowest BCUT2D eigenvalue weighted by Crippen LogP contribution is -2.28. The summed E-state index contributed by atoms with van der Waals surface area (Å²) in [4.78, 5) is 0. The van der Waals surface area contributed by atoms with Crippen molar-refractivity contribution in [2.45, 2.75) is 38.1 Å². The molecular weight excluding hydrogens is 225 g/mol. The van der Waals surface area contributed by atoms with Crippen LogP contribution in [-0.4, -0.2) is 5.54 Å². The first-order chi connectivity index (χ1) is 7.55. The van der Waals surface area contributed by atoms with E-state index in [0.29, 0.717) is 10.9 Å². The summed E-state index contributed by atoms with van der Waals surface area (Å²) in [6.45, 7) is 2.17. The van der Waals surface area contributed by atoms with Crippen molar-refractivity contribution < 1.29 is 4.39 Å². The summed E-state index contributed by atoms with van der Waals surface area (Å²) in [5.41, 5.74) is 7.13. The van der Waals surface area contributed by atoms with Crippen LogP contribution >= 0.6 is 11.6 Å². The first kappa shape index (κ1) is 11.9. The molecule has 1 aromatic carbocycles. The van der Waals surface area contributed by atoms with Gasteiger partial charge in [-0.05, 0) is 42.9 Å². The second kappa shape index (κ2) is 4.34. The third-order valence-corrected chi connectivity index (χ3v) is 3.80. The van der Waals surface area contributed by atoms with Crippen LogP contribution in [0, 0.1) is 11.7 Å². The summed E-state index contributed by atoms with van der Waals surface area (Å²) in [5.74, 6) is 0.319. The minimum absolute atomic E-state index is 0.0997. The average molecular weight is 242 g/mol. The molecule has 0 aromatic heterocycles. The Balaban J connectivity index is 2.05. The molecule has 0 saturated heterocycles. The predicted molar refractivity (Wildman–Crippen MR) is 65.0 cm³/mol. The largest absolute Gasteiger partial charge is 0.325 e. The van der Waals surface area contributed by atoms with Crippen molar-refractivity contribution in [1.29, 1.82) is 0 Å². The predicted octanol–water partition coefficient (Wildman–Crippen LogP) is 3.54. The van der Waals surface area contributed by atoms with Crippen LogP contribution in [0.1, 0.15) is 31.7 Å². The SMILES string of the molecule is CCCC1CC1(N)Cc1ccc(F)cc1Cl. The number of hydrogen-bond donors (Lipinski definition) is 1. The fourth-order valence-corrected chi connectivity index (χ4v) is 2.61. The molecule has 1 nitrogen and oxygen atoms in total. The van der Waals surface area contributed by atoms with E-state index in [2.05, 4.69) is 6.92 Å². The van der Waals surface area contributed by atoms with Crippen molar-refractivity contribution >= 4 is 11.6 Å². The van der Waals surface area contributed by atoms with Gasteiger partial charge in [0, 0.05) is 10.6 Å². The third-order valence-electron chi connectivity index (χ3n) is 3.45. The van der Waals surface area contributed by atoms with Crippen LogP contribution < -0.4 is 5.73 Å². The minimum Gasteiger partial charge on any atom is -0.325 e. The molecule has 1 fully saturated rings. The summed E-state index contributed by atoms with van der Waals surface area (Å²) in [6.07, 6.45) is 4.17. The maximum Gasteiger partial charge on any atom is 0.124 e. The van der Waals surface area contributed by atoms with Crippen LogP contribution in [-0.2, 0) is 6.42 Å². The summed E-state index contributed by atoms with van der Waals surface area (Å²) in [5, 5.41) is 0.493. The first-order valence-corrected chi connectivity index (χ1v) is 6.16. The van der Waals surface area contributed by atoms with E-state index in [1.165, 1.54) is 25.0 Å². The first-order valence-electron chi connectivity index (χ1n) is 5.78. The van der Waals surface area contributed by atoms with Crippen molar-refractivity contribution in [2.24, 2.45) is 11.7 Å². The van der Waals surface area contributed by atoms with Gasteiger partial charge in [-0.2, -0.15) is 0 Å². The lowest BCUT2D eigenvalue weighted by atomic mass is 10.0. The topological polar surface area (TPSA) is 26.0 Å². The van der Waals surface area contributed by atoms with Gasteiger partial charge >= 0.3 is 0 Å². The zero-order valence-corrected chi connectivity index (χ0v) is 10.2. The van der Waals surface area contributed by atoms with Gasteiger partial charge in [-0.1, -0.05) is 31.0 Å². The highest BCUT2D eigenvalue weighted by atomic mass is 35.5. The van der Waals surface area contributed by atoms with E-state index in [9.17, 15) is 4.39 Å². The number of hydrogen-bond acceptors (Lipinski definition) is 1. The maximum atomic E-state index is 12.9. The number of benzene rings is 1. The van der Waals surface area contributed by atoms with Gasteiger partial charge in [0.1, 0.15) is 5.82 Å². The van der Waals surface area contributed by atoms with Gasteiger partial charge < -0.3 is 5.73 Å². The molecule has 2 N–H and O–H groups in total. The molecule has 1 saturated carbocycles. The zero-order chi connectivity index (χ0) is 11.8. The summed E-state index contributed by atoms with van der Waals surface area (Å²) >= 11 is 5.99. The lowest BCUT2D eigenvalue weighted by molar-refractivity contribution is 0.555. The highest BCUT2D eigenvalue weighted by Gasteiger charge is 2.49. The Labute approximate surface area is 101 Å². The number of halogens is 2. The van der Waals surface area contributed by atoms with Gasteiger partial charge in [0.25, 0.3) is 0 Å².